The molecule has 1 aliphatic carbocycles. The Balaban J connectivity index is 2.03. The molecule has 1 amide bonds. The normalized spacial score (nSPS) is 28.8. The van der Waals surface area contributed by atoms with Crippen molar-refractivity contribution in [2.24, 2.45) is 5.92 Å². The van der Waals surface area contributed by atoms with Gasteiger partial charge >= 0.3 is 0 Å². The Morgan fingerprint density at radius 3 is 2.71 bits per heavy atom. The highest BCUT2D eigenvalue weighted by Crippen LogP contribution is 2.49. The zero-order valence-electron chi connectivity index (χ0n) is 12.1. The van der Waals surface area contributed by atoms with Crippen LogP contribution >= 0.6 is 11.6 Å². The van der Waals surface area contributed by atoms with Crippen molar-refractivity contribution in [1.29, 1.82) is 5.26 Å². The van der Waals surface area contributed by atoms with Crippen molar-refractivity contribution in [2.75, 3.05) is 4.90 Å². The molecule has 1 heterocycles. The third-order valence-electron chi connectivity index (χ3n) is 4.84. The van der Waals surface area contributed by atoms with Gasteiger partial charge in [-0.25, -0.2) is 0 Å². The van der Waals surface area contributed by atoms with Crippen molar-refractivity contribution in [3.63, 3.8) is 0 Å². The number of aliphatic hydroxyl groups is 1. The lowest BCUT2D eigenvalue weighted by molar-refractivity contribution is -0.118. The Morgan fingerprint density at radius 2 is 2.14 bits per heavy atom. The Labute approximate surface area is 128 Å². The van der Waals surface area contributed by atoms with Gasteiger partial charge in [0.25, 0.3) is 0 Å². The summed E-state index contributed by atoms with van der Waals surface area (Å²) in [6.45, 7) is 3.68. The zero-order valence-corrected chi connectivity index (χ0v) is 12.8. The molecule has 0 radical (unpaired) electrons. The number of carbonyl (C=O) groups is 1. The molecule has 4 nitrogen and oxygen atoms in total. The van der Waals surface area contributed by atoms with E-state index < -0.39 is 5.60 Å². The first-order valence-corrected chi connectivity index (χ1v) is 7.51. The molecule has 3 rings (SSSR count). The Hall–Kier alpha value is -1.57. The number of carbonyl (C=O) groups excluding carboxylic acids is 1. The first-order valence-electron chi connectivity index (χ1n) is 7.13. The van der Waals surface area contributed by atoms with Gasteiger partial charge in [-0.2, -0.15) is 5.26 Å². The summed E-state index contributed by atoms with van der Waals surface area (Å²) in [6, 6.07) is 5.13. The first-order chi connectivity index (χ1) is 9.90. The Morgan fingerprint density at radius 1 is 1.48 bits per heavy atom. The van der Waals surface area contributed by atoms with Crippen molar-refractivity contribution in [3.8, 4) is 6.07 Å². The number of amides is 1. The number of anilines is 1. The highest BCUT2D eigenvalue weighted by Gasteiger charge is 2.56. The predicted molar refractivity (Wildman–Crippen MR) is 80.1 cm³/mol. The van der Waals surface area contributed by atoms with Gasteiger partial charge in [-0.15, -0.1) is 0 Å². The molecule has 2 unspecified atom stereocenters. The van der Waals surface area contributed by atoms with E-state index >= 15 is 0 Å². The fourth-order valence-electron chi connectivity index (χ4n) is 3.35. The average molecular weight is 305 g/mol. The molecule has 2 atom stereocenters. The molecule has 1 saturated heterocycles. The first kappa shape index (κ1) is 14.4. The van der Waals surface area contributed by atoms with Crippen molar-refractivity contribution < 1.29 is 9.90 Å². The Kier molecular flexibility index (Phi) is 3.23. The van der Waals surface area contributed by atoms with Crippen LogP contribution in [0.15, 0.2) is 12.1 Å². The second-order valence-corrected chi connectivity index (χ2v) is 6.44. The summed E-state index contributed by atoms with van der Waals surface area (Å²) >= 11 is 6.20. The number of rotatable bonds is 2. The van der Waals surface area contributed by atoms with E-state index in [2.05, 4.69) is 0 Å². The molecule has 5 heteroatoms. The topological polar surface area (TPSA) is 64.3 Å². The molecule has 110 valence electrons. The summed E-state index contributed by atoms with van der Waals surface area (Å²) in [4.78, 5) is 14.0. The van der Waals surface area contributed by atoms with Crippen LogP contribution in [0.5, 0.6) is 0 Å². The van der Waals surface area contributed by atoms with Crippen LogP contribution in [0, 0.1) is 24.2 Å². The number of hydrogen-bond donors (Lipinski definition) is 1. The molecule has 0 spiro atoms. The summed E-state index contributed by atoms with van der Waals surface area (Å²) < 4.78 is 0. The van der Waals surface area contributed by atoms with Crippen LogP contribution in [0.25, 0.3) is 0 Å². The van der Waals surface area contributed by atoms with Crippen LogP contribution in [0.4, 0.5) is 5.69 Å². The average Bonchev–Trinajstić information content (AvgIpc) is 3.25. The minimum Gasteiger partial charge on any atom is -0.387 e. The lowest BCUT2D eigenvalue weighted by atomic mass is 9.90. The van der Waals surface area contributed by atoms with Crippen LogP contribution in [0.3, 0.4) is 0 Å². The second-order valence-electron chi connectivity index (χ2n) is 6.07. The smallest absolute Gasteiger partial charge is 0.230 e. The van der Waals surface area contributed by atoms with Gasteiger partial charge in [0.15, 0.2) is 0 Å². The zero-order chi connectivity index (χ0) is 15.4. The lowest BCUT2D eigenvalue weighted by Crippen LogP contribution is -2.44. The van der Waals surface area contributed by atoms with Gasteiger partial charge in [0, 0.05) is 5.69 Å². The number of hydrogen-bond acceptors (Lipinski definition) is 3. The maximum Gasteiger partial charge on any atom is 0.230 e. The van der Waals surface area contributed by atoms with E-state index in [1.165, 1.54) is 0 Å². The van der Waals surface area contributed by atoms with E-state index in [0.29, 0.717) is 21.8 Å². The van der Waals surface area contributed by atoms with Gasteiger partial charge in [0.1, 0.15) is 6.07 Å². The van der Waals surface area contributed by atoms with Crippen molar-refractivity contribution in [1.82, 2.24) is 0 Å². The minimum atomic E-state index is -0.941. The fourth-order valence-corrected chi connectivity index (χ4v) is 3.55. The molecule has 1 aromatic rings. The maximum absolute atomic E-state index is 12.4. The van der Waals surface area contributed by atoms with Crippen molar-refractivity contribution >= 4 is 23.2 Å². The SMILES string of the molecule is Cc1c(N2C(=O)CC(O)(C3CC3)C2C)ccc(C#N)c1Cl. The highest BCUT2D eigenvalue weighted by atomic mass is 35.5. The molecule has 0 bridgehead atoms. The number of benzene rings is 1. The van der Waals surface area contributed by atoms with Crippen LogP contribution in [0.1, 0.15) is 37.3 Å². The monoisotopic (exact) mass is 304 g/mol. The van der Waals surface area contributed by atoms with E-state index in [9.17, 15) is 9.90 Å². The summed E-state index contributed by atoms with van der Waals surface area (Å²) in [5.41, 5.74) is 0.850. The third-order valence-corrected chi connectivity index (χ3v) is 5.32. The summed E-state index contributed by atoms with van der Waals surface area (Å²) in [6.07, 6.45) is 2.13. The molecular formula is C16H17ClN2O2. The quantitative estimate of drug-likeness (QED) is 0.913. The van der Waals surface area contributed by atoms with Crippen LogP contribution < -0.4 is 4.90 Å². The van der Waals surface area contributed by atoms with Gasteiger partial charge in [-0.1, -0.05) is 11.6 Å². The van der Waals surface area contributed by atoms with Gasteiger partial charge in [-0.3, -0.25) is 4.79 Å². The minimum absolute atomic E-state index is 0.0826. The van der Waals surface area contributed by atoms with E-state index in [1.54, 1.807) is 24.0 Å². The second kappa shape index (κ2) is 4.72. The van der Waals surface area contributed by atoms with Crippen molar-refractivity contribution in [2.45, 2.75) is 44.8 Å². The van der Waals surface area contributed by atoms with E-state index in [4.69, 9.17) is 16.9 Å². The van der Waals surface area contributed by atoms with Gasteiger partial charge in [-0.05, 0) is 50.3 Å². The molecule has 21 heavy (non-hydrogen) atoms. The van der Waals surface area contributed by atoms with Gasteiger partial charge < -0.3 is 10.0 Å². The standard InChI is InChI=1S/C16H17ClN2O2/c1-9-13(6-3-11(8-18)15(9)17)19-10(2)16(21,7-14(19)20)12-4-5-12/h3,6,10,12,21H,4-5,7H2,1-2H3. The lowest BCUT2D eigenvalue weighted by Gasteiger charge is -2.32. The third kappa shape index (κ3) is 2.04. The molecule has 1 N–H and O–H groups in total. The number of nitrogens with zero attached hydrogens (tertiary/aromatic N) is 2. The Bertz CT molecular complexity index is 663. The van der Waals surface area contributed by atoms with E-state index in [-0.39, 0.29) is 24.3 Å². The summed E-state index contributed by atoms with van der Waals surface area (Å²) in [5, 5.41) is 20.2. The summed E-state index contributed by atoms with van der Waals surface area (Å²) in [7, 11) is 0. The summed E-state index contributed by atoms with van der Waals surface area (Å²) in [5.74, 6) is 0.136. The van der Waals surface area contributed by atoms with Crippen LogP contribution in [-0.2, 0) is 4.79 Å². The molecule has 0 aromatic heterocycles. The molecular weight excluding hydrogens is 288 g/mol. The molecule has 1 saturated carbocycles. The molecule has 2 aliphatic rings. The highest BCUT2D eigenvalue weighted by molar-refractivity contribution is 6.33. The van der Waals surface area contributed by atoms with Crippen LogP contribution in [0.2, 0.25) is 5.02 Å². The molecule has 1 aromatic carbocycles. The fraction of sp³-hybridized carbons (Fsp3) is 0.500. The number of halogens is 1. The largest absolute Gasteiger partial charge is 0.387 e. The molecule has 1 aliphatic heterocycles. The molecule has 2 fully saturated rings. The van der Waals surface area contributed by atoms with Gasteiger partial charge in [0.2, 0.25) is 5.91 Å². The predicted octanol–water partition coefficient (Wildman–Crippen LogP) is 2.79. The van der Waals surface area contributed by atoms with E-state index in [1.807, 2.05) is 13.0 Å². The number of nitriles is 1. The van der Waals surface area contributed by atoms with Crippen LogP contribution in [-0.4, -0.2) is 22.7 Å². The van der Waals surface area contributed by atoms with Gasteiger partial charge in [0.05, 0.1) is 28.6 Å². The maximum atomic E-state index is 12.4. The van der Waals surface area contributed by atoms with Crippen molar-refractivity contribution in [3.05, 3.63) is 28.3 Å². The van der Waals surface area contributed by atoms with E-state index in [0.717, 1.165) is 12.8 Å².